The topological polar surface area (TPSA) is 59.8 Å². The first kappa shape index (κ1) is 15.9. The molecule has 1 aromatic heterocycles. The van der Waals surface area contributed by atoms with E-state index >= 15 is 0 Å². The van der Waals surface area contributed by atoms with E-state index in [-0.39, 0.29) is 11.7 Å². The van der Waals surface area contributed by atoms with Crippen LogP contribution in [-0.2, 0) is 16.6 Å². The van der Waals surface area contributed by atoms with E-state index in [4.69, 9.17) is 20.8 Å². The van der Waals surface area contributed by atoms with Crippen molar-refractivity contribution >= 4 is 21.6 Å². The largest absolute Gasteiger partial charge is 0.484 e. The standard InChI is InChI=1S/C14H16ClNO4S/c1-10-4-6-12(15)13(8-10)19-9-11-5-7-14(20-11)21(17,18)16(2)3/h4-8H,9H2,1-3H3. The van der Waals surface area contributed by atoms with Crippen LogP contribution in [-0.4, -0.2) is 26.8 Å². The molecule has 0 amide bonds. The fraction of sp³-hybridized carbons (Fsp3) is 0.286. The lowest BCUT2D eigenvalue weighted by Gasteiger charge is -2.09. The van der Waals surface area contributed by atoms with Crippen LogP contribution in [0.4, 0.5) is 0 Å². The molecule has 0 bridgehead atoms. The number of ether oxygens (including phenoxy) is 1. The average Bonchev–Trinajstić information content (AvgIpc) is 2.89. The Labute approximate surface area is 129 Å². The molecule has 0 aliphatic heterocycles. The maximum absolute atomic E-state index is 11.9. The zero-order valence-corrected chi connectivity index (χ0v) is 13.5. The van der Waals surface area contributed by atoms with Gasteiger partial charge in [-0.25, -0.2) is 12.7 Å². The summed E-state index contributed by atoms with van der Waals surface area (Å²) in [5.41, 5.74) is 1.02. The van der Waals surface area contributed by atoms with Gasteiger partial charge in [0.25, 0.3) is 10.0 Å². The first-order valence-corrected chi connectivity index (χ1v) is 8.02. The molecule has 1 aromatic carbocycles. The Hall–Kier alpha value is -1.50. The van der Waals surface area contributed by atoms with Crippen molar-refractivity contribution in [3.8, 4) is 5.75 Å². The summed E-state index contributed by atoms with van der Waals surface area (Å²) in [5, 5.41) is 0.384. The molecule has 0 saturated carbocycles. The van der Waals surface area contributed by atoms with Crippen LogP contribution in [0.2, 0.25) is 5.02 Å². The van der Waals surface area contributed by atoms with Crippen LogP contribution in [0.25, 0.3) is 0 Å². The number of furan rings is 1. The highest BCUT2D eigenvalue weighted by atomic mass is 35.5. The Bertz CT molecular complexity index is 737. The molecular weight excluding hydrogens is 314 g/mol. The number of hydrogen-bond donors (Lipinski definition) is 0. The van der Waals surface area contributed by atoms with Gasteiger partial charge in [-0.15, -0.1) is 0 Å². The Kier molecular flexibility index (Phi) is 4.61. The van der Waals surface area contributed by atoms with E-state index in [1.807, 2.05) is 19.1 Å². The van der Waals surface area contributed by atoms with Crippen LogP contribution < -0.4 is 4.74 Å². The molecule has 114 valence electrons. The normalized spacial score (nSPS) is 11.9. The second-order valence-corrected chi connectivity index (χ2v) is 7.22. The summed E-state index contributed by atoms with van der Waals surface area (Å²) in [5.74, 6) is 0.943. The van der Waals surface area contributed by atoms with E-state index in [0.29, 0.717) is 16.5 Å². The third-order valence-electron chi connectivity index (χ3n) is 2.83. The van der Waals surface area contributed by atoms with Crippen molar-refractivity contribution in [3.05, 3.63) is 46.7 Å². The third-order valence-corrected chi connectivity index (χ3v) is 4.83. The molecule has 2 aromatic rings. The van der Waals surface area contributed by atoms with Gasteiger partial charge >= 0.3 is 0 Å². The van der Waals surface area contributed by atoms with Crippen molar-refractivity contribution in [2.75, 3.05) is 14.1 Å². The summed E-state index contributed by atoms with van der Waals surface area (Å²) < 4.78 is 35.7. The second kappa shape index (κ2) is 6.09. The van der Waals surface area contributed by atoms with Gasteiger partial charge in [0.2, 0.25) is 5.09 Å². The lowest BCUT2D eigenvalue weighted by atomic mass is 10.2. The molecule has 21 heavy (non-hydrogen) atoms. The quantitative estimate of drug-likeness (QED) is 0.845. The Balaban J connectivity index is 2.12. The first-order chi connectivity index (χ1) is 9.80. The van der Waals surface area contributed by atoms with Gasteiger partial charge in [0.1, 0.15) is 18.1 Å². The maximum Gasteiger partial charge on any atom is 0.275 e. The number of rotatable bonds is 5. The predicted molar refractivity (Wildman–Crippen MR) is 80.1 cm³/mol. The van der Waals surface area contributed by atoms with Crippen LogP contribution in [0.3, 0.4) is 0 Å². The first-order valence-electron chi connectivity index (χ1n) is 6.21. The summed E-state index contributed by atoms with van der Waals surface area (Å²) >= 11 is 6.02. The van der Waals surface area contributed by atoms with Crippen molar-refractivity contribution in [3.63, 3.8) is 0 Å². The lowest BCUT2D eigenvalue weighted by molar-refractivity contribution is 0.256. The minimum absolute atomic E-state index is 0.103. The van der Waals surface area contributed by atoms with E-state index in [9.17, 15) is 8.42 Å². The van der Waals surface area contributed by atoms with Crippen LogP contribution >= 0.6 is 11.6 Å². The van der Waals surface area contributed by atoms with E-state index in [1.165, 1.54) is 20.2 Å². The fourth-order valence-corrected chi connectivity index (χ4v) is 2.61. The van der Waals surface area contributed by atoms with Gasteiger partial charge in [0.05, 0.1) is 5.02 Å². The van der Waals surface area contributed by atoms with Crippen molar-refractivity contribution in [2.45, 2.75) is 18.6 Å². The zero-order chi connectivity index (χ0) is 15.6. The highest BCUT2D eigenvalue weighted by molar-refractivity contribution is 7.88. The second-order valence-electron chi connectivity index (χ2n) is 4.73. The number of hydrogen-bond acceptors (Lipinski definition) is 4. The molecule has 0 atom stereocenters. The highest BCUT2D eigenvalue weighted by Gasteiger charge is 2.21. The Morgan fingerprint density at radius 1 is 1.24 bits per heavy atom. The molecular formula is C14H16ClNO4S. The van der Waals surface area contributed by atoms with Crippen LogP contribution in [0.5, 0.6) is 5.75 Å². The summed E-state index contributed by atoms with van der Waals surface area (Å²) in [6, 6.07) is 8.41. The van der Waals surface area contributed by atoms with Gasteiger partial charge < -0.3 is 9.15 Å². The maximum atomic E-state index is 11.9. The molecule has 7 heteroatoms. The van der Waals surface area contributed by atoms with Gasteiger partial charge in [0.15, 0.2) is 0 Å². The number of sulfonamides is 1. The minimum Gasteiger partial charge on any atom is -0.484 e. The molecule has 0 radical (unpaired) electrons. The molecule has 5 nitrogen and oxygen atoms in total. The molecule has 0 N–H and O–H groups in total. The molecule has 0 unspecified atom stereocenters. The molecule has 1 heterocycles. The van der Waals surface area contributed by atoms with Crippen molar-refractivity contribution in [1.82, 2.24) is 4.31 Å². The van der Waals surface area contributed by atoms with Gasteiger partial charge in [-0.2, -0.15) is 0 Å². The number of aryl methyl sites for hydroxylation is 1. The number of benzene rings is 1. The van der Waals surface area contributed by atoms with Crippen LogP contribution in [0.15, 0.2) is 39.8 Å². The highest BCUT2D eigenvalue weighted by Crippen LogP contribution is 2.26. The average molecular weight is 330 g/mol. The summed E-state index contributed by atoms with van der Waals surface area (Å²) in [6.45, 7) is 2.03. The Morgan fingerprint density at radius 3 is 2.62 bits per heavy atom. The minimum atomic E-state index is -3.57. The SMILES string of the molecule is Cc1ccc(Cl)c(OCc2ccc(S(=O)(=O)N(C)C)o2)c1. The zero-order valence-electron chi connectivity index (χ0n) is 12.0. The summed E-state index contributed by atoms with van der Waals surface area (Å²) in [4.78, 5) is 0. The fourth-order valence-electron chi connectivity index (χ4n) is 1.62. The van der Waals surface area contributed by atoms with Gasteiger partial charge in [-0.05, 0) is 36.8 Å². The van der Waals surface area contributed by atoms with Crippen molar-refractivity contribution in [2.24, 2.45) is 0 Å². The monoisotopic (exact) mass is 329 g/mol. The van der Waals surface area contributed by atoms with Gasteiger partial charge in [-0.1, -0.05) is 17.7 Å². The third kappa shape index (κ3) is 3.58. The van der Waals surface area contributed by atoms with E-state index < -0.39 is 10.0 Å². The Morgan fingerprint density at radius 2 is 1.95 bits per heavy atom. The molecule has 0 fully saturated rings. The number of halogens is 1. The molecule has 2 rings (SSSR count). The van der Waals surface area contributed by atoms with Crippen LogP contribution in [0.1, 0.15) is 11.3 Å². The van der Waals surface area contributed by atoms with E-state index in [0.717, 1.165) is 9.87 Å². The predicted octanol–water partition coefficient (Wildman–Crippen LogP) is 3.07. The molecule has 0 saturated heterocycles. The van der Waals surface area contributed by atoms with Crippen molar-refractivity contribution in [1.29, 1.82) is 0 Å². The lowest BCUT2D eigenvalue weighted by Crippen LogP contribution is -2.21. The number of nitrogens with zero attached hydrogens (tertiary/aromatic N) is 1. The summed E-state index contributed by atoms with van der Waals surface area (Å²) in [6.07, 6.45) is 0. The summed E-state index contributed by atoms with van der Waals surface area (Å²) in [7, 11) is -0.679. The van der Waals surface area contributed by atoms with Gasteiger partial charge in [-0.3, -0.25) is 0 Å². The molecule has 0 spiro atoms. The van der Waals surface area contributed by atoms with Gasteiger partial charge in [0, 0.05) is 14.1 Å². The van der Waals surface area contributed by atoms with Crippen molar-refractivity contribution < 1.29 is 17.6 Å². The van der Waals surface area contributed by atoms with E-state index in [2.05, 4.69) is 0 Å². The molecule has 0 aliphatic rings. The van der Waals surface area contributed by atoms with E-state index in [1.54, 1.807) is 12.1 Å². The molecule has 0 aliphatic carbocycles. The smallest absolute Gasteiger partial charge is 0.275 e. The van der Waals surface area contributed by atoms with Crippen LogP contribution in [0, 0.1) is 6.92 Å².